The number of hydrogen-bond donors (Lipinski definition) is 0. The van der Waals surface area contributed by atoms with E-state index in [9.17, 15) is 4.57 Å². The zero-order valence-corrected chi connectivity index (χ0v) is 11.6. The van der Waals surface area contributed by atoms with Crippen LogP contribution in [0.2, 0.25) is 0 Å². The minimum absolute atomic E-state index is 0.175. The molecule has 0 aliphatic rings. The summed E-state index contributed by atoms with van der Waals surface area (Å²) in [6.45, 7) is 4.09. The van der Waals surface area contributed by atoms with Crippen molar-refractivity contribution in [1.29, 1.82) is 0 Å². The standard InChI is InChI=1S/C13H19O3P/c1-11-5-7-13(8-6-11)12(2)9-10-17(14,15-3)16-4/h5-10,12H,1-4H3/b10-9+/t12-/m0/s1. The SMILES string of the molecule is COP(=O)(/C=C/[C@H](C)c1ccc(C)cc1)OC. The Morgan fingerprint density at radius 1 is 1.18 bits per heavy atom. The van der Waals surface area contributed by atoms with E-state index < -0.39 is 7.60 Å². The first-order chi connectivity index (χ1) is 8.00. The summed E-state index contributed by atoms with van der Waals surface area (Å²) in [5.41, 5.74) is 2.40. The van der Waals surface area contributed by atoms with Crippen LogP contribution in [0.3, 0.4) is 0 Å². The fraction of sp³-hybridized carbons (Fsp3) is 0.385. The Bertz CT molecular complexity index is 415. The third kappa shape index (κ3) is 4.12. The van der Waals surface area contributed by atoms with Gasteiger partial charge in [-0.3, -0.25) is 4.57 Å². The molecule has 0 heterocycles. The lowest BCUT2D eigenvalue weighted by Crippen LogP contribution is -1.90. The predicted octanol–water partition coefficient (Wildman–Crippen LogP) is 4.10. The molecule has 0 aliphatic carbocycles. The van der Waals surface area contributed by atoms with Gasteiger partial charge in [-0.05, 0) is 18.4 Å². The first kappa shape index (κ1) is 14.2. The average Bonchev–Trinajstić information content (AvgIpc) is 2.36. The number of hydrogen-bond acceptors (Lipinski definition) is 3. The van der Waals surface area contributed by atoms with Crippen molar-refractivity contribution in [2.45, 2.75) is 19.8 Å². The molecule has 17 heavy (non-hydrogen) atoms. The third-order valence-electron chi connectivity index (χ3n) is 2.67. The summed E-state index contributed by atoms with van der Waals surface area (Å²) >= 11 is 0. The number of aryl methyl sites for hydroxylation is 1. The van der Waals surface area contributed by atoms with E-state index in [1.54, 1.807) is 0 Å². The maximum atomic E-state index is 11.8. The van der Waals surface area contributed by atoms with Gasteiger partial charge in [0.15, 0.2) is 0 Å². The van der Waals surface area contributed by atoms with Gasteiger partial charge in [-0.25, -0.2) is 0 Å². The molecule has 0 amide bonds. The van der Waals surface area contributed by atoms with Crippen LogP contribution >= 0.6 is 7.60 Å². The molecule has 0 saturated heterocycles. The Morgan fingerprint density at radius 2 is 1.71 bits per heavy atom. The highest BCUT2D eigenvalue weighted by Crippen LogP contribution is 2.48. The highest BCUT2D eigenvalue weighted by molar-refractivity contribution is 7.57. The summed E-state index contributed by atoms with van der Waals surface area (Å²) in [5.74, 6) is 1.69. The van der Waals surface area contributed by atoms with Gasteiger partial charge in [0.2, 0.25) is 0 Å². The monoisotopic (exact) mass is 254 g/mol. The fourth-order valence-electron chi connectivity index (χ4n) is 1.41. The van der Waals surface area contributed by atoms with Crippen molar-refractivity contribution in [3.8, 4) is 0 Å². The van der Waals surface area contributed by atoms with Crippen LogP contribution in [0.1, 0.15) is 24.0 Å². The first-order valence-corrected chi connectivity index (χ1v) is 7.09. The van der Waals surface area contributed by atoms with E-state index in [-0.39, 0.29) is 5.92 Å². The molecular formula is C13H19O3P. The summed E-state index contributed by atoms with van der Waals surface area (Å²) in [6.07, 6.45) is 1.85. The van der Waals surface area contributed by atoms with Crippen LogP contribution in [0.5, 0.6) is 0 Å². The molecule has 0 aliphatic heterocycles. The summed E-state index contributed by atoms with van der Waals surface area (Å²) in [6, 6.07) is 8.25. The van der Waals surface area contributed by atoms with Crippen molar-refractivity contribution >= 4 is 7.60 Å². The van der Waals surface area contributed by atoms with E-state index in [0.717, 1.165) is 0 Å². The Morgan fingerprint density at radius 3 is 2.18 bits per heavy atom. The highest BCUT2D eigenvalue weighted by Gasteiger charge is 2.16. The Kier molecular flexibility index (Phi) is 5.13. The average molecular weight is 254 g/mol. The number of rotatable bonds is 5. The third-order valence-corrected chi connectivity index (χ3v) is 4.22. The molecular weight excluding hydrogens is 235 g/mol. The molecule has 0 N–H and O–H groups in total. The molecule has 0 fully saturated rings. The fourth-order valence-corrected chi connectivity index (χ4v) is 2.27. The van der Waals surface area contributed by atoms with Crippen LogP contribution in [-0.2, 0) is 13.6 Å². The van der Waals surface area contributed by atoms with Crippen LogP contribution in [0.15, 0.2) is 36.2 Å². The molecule has 0 spiro atoms. The summed E-state index contributed by atoms with van der Waals surface area (Å²) < 4.78 is 21.5. The van der Waals surface area contributed by atoms with Gasteiger partial charge >= 0.3 is 7.60 Å². The molecule has 1 aromatic carbocycles. The molecule has 94 valence electrons. The topological polar surface area (TPSA) is 35.5 Å². The van der Waals surface area contributed by atoms with Gasteiger partial charge in [-0.2, -0.15) is 0 Å². The Balaban J connectivity index is 2.78. The molecule has 3 nitrogen and oxygen atoms in total. The van der Waals surface area contributed by atoms with Gasteiger partial charge < -0.3 is 9.05 Å². The quantitative estimate of drug-likeness (QED) is 0.742. The van der Waals surface area contributed by atoms with Crippen molar-refractivity contribution in [2.24, 2.45) is 0 Å². The maximum Gasteiger partial charge on any atom is 0.353 e. The number of allylic oxidation sites excluding steroid dienone is 1. The lowest BCUT2D eigenvalue weighted by atomic mass is 10.0. The Hall–Kier alpha value is -0.890. The van der Waals surface area contributed by atoms with Crippen LogP contribution in [0.4, 0.5) is 0 Å². The van der Waals surface area contributed by atoms with E-state index in [1.807, 2.05) is 19.9 Å². The van der Waals surface area contributed by atoms with Crippen molar-refractivity contribution in [3.63, 3.8) is 0 Å². The van der Waals surface area contributed by atoms with Crippen LogP contribution in [0.25, 0.3) is 0 Å². The van der Waals surface area contributed by atoms with Crippen LogP contribution < -0.4 is 0 Å². The van der Waals surface area contributed by atoms with E-state index in [0.29, 0.717) is 0 Å². The first-order valence-electron chi connectivity index (χ1n) is 5.48. The van der Waals surface area contributed by atoms with Crippen molar-refractivity contribution in [3.05, 3.63) is 47.3 Å². The highest BCUT2D eigenvalue weighted by atomic mass is 31.2. The van der Waals surface area contributed by atoms with E-state index in [1.165, 1.54) is 31.2 Å². The molecule has 4 heteroatoms. The minimum Gasteiger partial charge on any atom is -0.309 e. The second-order valence-electron chi connectivity index (χ2n) is 3.95. The summed E-state index contributed by atoms with van der Waals surface area (Å²) in [7, 11) is -0.285. The van der Waals surface area contributed by atoms with Crippen LogP contribution in [0, 0.1) is 6.92 Å². The zero-order valence-electron chi connectivity index (χ0n) is 10.7. The molecule has 0 unspecified atom stereocenters. The maximum absolute atomic E-state index is 11.8. The van der Waals surface area contributed by atoms with E-state index in [4.69, 9.17) is 9.05 Å². The predicted molar refractivity (Wildman–Crippen MR) is 70.4 cm³/mol. The lowest BCUT2D eigenvalue weighted by molar-refractivity contribution is 0.286. The van der Waals surface area contributed by atoms with Gasteiger partial charge in [0.25, 0.3) is 0 Å². The molecule has 1 atom stereocenters. The van der Waals surface area contributed by atoms with Gasteiger partial charge in [-0.15, -0.1) is 0 Å². The minimum atomic E-state index is -3.05. The molecule has 1 aromatic rings. The molecule has 0 saturated carbocycles. The normalized spacial score (nSPS) is 14.1. The zero-order chi connectivity index (χ0) is 12.9. The van der Waals surface area contributed by atoms with Crippen molar-refractivity contribution in [1.82, 2.24) is 0 Å². The smallest absolute Gasteiger partial charge is 0.309 e. The molecule has 0 aromatic heterocycles. The van der Waals surface area contributed by atoms with Gasteiger partial charge in [0.05, 0.1) is 0 Å². The van der Waals surface area contributed by atoms with Crippen molar-refractivity contribution < 1.29 is 13.6 Å². The van der Waals surface area contributed by atoms with E-state index >= 15 is 0 Å². The Labute approximate surface area is 103 Å². The van der Waals surface area contributed by atoms with Gasteiger partial charge in [0.1, 0.15) is 0 Å². The summed E-state index contributed by atoms with van der Waals surface area (Å²) in [5, 5.41) is 0. The number of benzene rings is 1. The molecule has 0 radical (unpaired) electrons. The lowest BCUT2D eigenvalue weighted by Gasteiger charge is -2.11. The van der Waals surface area contributed by atoms with Gasteiger partial charge in [0, 0.05) is 20.0 Å². The largest absolute Gasteiger partial charge is 0.353 e. The van der Waals surface area contributed by atoms with Crippen LogP contribution in [-0.4, -0.2) is 14.2 Å². The van der Waals surface area contributed by atoms with Crippen molar-refractivity contribution in [2.75, 3.05) is 14.2 Å². The molecule has 1 rings (SSSR count). The second-order valence-corrected chi connectivity index (χ2v) is 6.05. The second kappa shape index (κ2) is 6.15. The summed E-state index contributed by atoms with van der Waals surface area (Å²) in [4.78, 5) is 0. The van der Waals surface area contributed by atoms with E-state index in [2.05, 4.69) is 24.3 Å². The molecule has 0 bridgehead atoms. The van der Waals surface area contributed by atoms with Gasteiger partial charge in [-0.1, -0.05) is 42.8 Å².